The highest BCUT2D eigenvalue weighted by atomic mass is 16.5. The summed E-state index contributed by atoms with van der Waals surface area (Å²) in [6.07, 6.45) is 2.41. The Bertz CT molecular complexity index is 343. The number of aromatic nitrogens is 2. The fourth-order valence-corrected chi connectivity index (χ4v) is 2.07. The highest BCUT2D eigenvalue weighted by Gasteiger charge is 2.19. The number of aliphatic hydroxyl groups excluding tert-OH is 1. The molecule has 17 heavy (non-hydrogen) atoms. The Morgan fingerprint density at radius 3 is 2.76 bits per heavy atom. The molecule has 0 aromatic carbocycles. The SMILES string of the molecule is CC(C)Cc1noc(CN2CCC(O)CC2)n1. The van der Waals surface area contributed by atoms with E-state index in [-0.39, 0.29) is 6.10 Å². The Hall–Kier alpha value is -0.940. The molecule has 2 rings (SSSR count). The van der Waals surface area contributed by atoms with E-state index < -0.39 is 0 Å². The van der Waals surface area contributed by atoms with Gasteiger partial charge in [-0.2, -0.15) is 4.98 Å². The van der Waals surface area contributed by atoms with Crippen LogP contribution in [0.25, 0.3) is 0 Å². The lowest BCUT2D eigenvalue weighted by Gasteiger charge is -2.27. The zero-order valence-corrected chi connectivity index (χ0v) is 10.6. The predicted molar refractivity (Wildman–Crippen MR) is 63.4 cm³/mol. The van der Waals surface area contributed by atoms with Gasteiger partial charge >= 0.3 is 0 Å². The number of hydrogen-bond donors (Lipinski definition) is 1. The molecule has 1 aliphatic rings. The Morgan fingerprint density at radius 2 is 2.12 bits per heavy atom. The van der Waals surface area contributed by atoms with E-state index >= 15 is 0 Å². The third-order valence-corrected chi connectivity index (χ3v) is 3.02. The summed E-state index contributed by atoms with van der Waals surface area (Å²) in [5.74, 6) is 2.04. The second-order valence-electron chi connectivity index (χ2n) is 5.21. The van der Waals surface area contributed by atoms with Crippen LogP contribution in [0, 0.1) is 5.92 Å². The van der Waals surface area contributed by atoms with Gasteiger partial charge in [0.1, 0.15) is 0 Å². The lowest BCUT2D eigenvalue weighted by atomic mass is 10.1. The second kappa shape index (κ2) is 5.60. The van der Waals surface area contributed by atoms with Crippen molar-refractivity contribution in [1.29, 1.82) is 0 Å². The normalized spacial score (nSPS) is 19.1. The van der Waals surface area contributed by atoms with Crippen molar-refractivity contribution in [3.8, 4) is 0 Å². The molecule has 1 aromatic rings. The van der Waals surface area contributed by atoms with E-state index in [0.717, 1.165) is 38.2 Å². The summed E-state index contributed by atoms with van der Waals surface area (Å²) < 4.78 is 5.23. The minimum Gasteiger partial charge on any atom is -0.393 e. The van der Waals surface area contributed by atoms with E-state index in [1.54, 1.807) is 0 Å². The molecule has 5 heteroatoms. The number of likely N-dealkylation sites (tertiary alicyclic amines) is 1. The van der Waals surface area contributed by atoms with E-state index in [0.29, 0.717) is 18.4 Å². The van der Waals surface area contributed by atoms with E-state index in [2.05, 4.69) is 28.9 Å². The molecule has 2 heterocycles. The van der Waals surface area contributed by atoms with E-state index in [4.69, 9.17) is 4.52 Å². The van der Waals surface area contributed by atoms with Crippen molar-refractivity contribution in [3.05, 3.63) is 11.7 Å². The van der Waals surface area contributed by atoms with E-state index in [1.807, 2.05) is 0 Å². The largest absolute Gasteiger partial charge is 0.393 e. The Balaban J connectivity index is 1.84. The third-order valence-electron chi connectivity index (χ3n) is 3.02. The molecule has 0 bridgehead atoms. The lowest BCUT2D eigenvalue weighted by molar-refractivity contribution is 0.0740. The van der Waals surface area contributed by atoms with Gasteiger partial charge in [-0.25, -0.2) is 0 Å². The number of aliphatic hydroxyl groups is 1. The number of piperidine rings is 1. The van der Waals surface area contributed by atoms with Crippen LogP contribution in [0.5, 0.6) is 0 Å². The van der Waals surface area contributed by atoms with Gasteiger partial charge < -0.3 is 9.63 Å². The molecule has 0 spiro atoms. The number of hydrogen-bond acceptors (Lipinski definition) is 5. The lowest BCUT2D eigenvalue weighted by Crippen LogP contribution is -2.35. The van der Waals surface area contributed by atoms with E-state index in [1.165, 1.54) is 0 Å². The molecule has 0 saturated carbocycles. The highest BCUT2D eigenvalue weighted by Crippen LogP contribution is 2.13. The van der Waals surface area contributed by atoms with Crippen molar-refractivity contribution < 1.29 is 9.63 Å². The fourth-order valence-electron chi connectivity index (χ4n) is 2.07. The van der Waals surface area contributed by atoms with Gasteiger partial charge in [-0.3, -0.25) is 4.90 Å². The molecule has 1 aromatic heterocycles. The summed E-state index contributed by atoms with van der Waals surface area (Å²) >= 11 is 0. The van der Waals surface area contributed by atoms with Crippen molar-refractivity contribution >= 4 is 0 Å². The molecule has 1 aliphatic heterocycles. The van der Waals surface area contributed by atoms with Gasteiger partial charge in [0.05, 0.1) is 12.6 Å². The minimum absolute atomic E-state index is 0.134. The van der Waals surface area contributed by atoms with Gasteiger partial charge in [-0.15, -0.1) is 0 Å². The first-order valence-electron chi connectivity index (χ1n) is 6.35. The maximum absolute atomic E-state index is 9.42. The molecule has 1 N–H and O–H groups in total. The smallest absolute Gasteiger partial charge is 0.240 e. The van der Waals surface area contributed by atoms with Crippen molar-refractivity contribution in [2.75, 3.05) is 13.1 Å². The first-order valence-corrected chi connectivity index (χ1v) is 6.35. The topological polar surface area (TPSA) is 62.4 Å². The molecule has 5 nitrogen and oxygen atoms in total. The van der Waals surface area contributed by atoms with Crippen molar-refractivity contribution in [1.82, 2.24) is 15.0 Å². The second-order valence-corrected chi connectivity index (χ2v) is 5.21. The summed E-state index contributed by atoms with van der Waals surface area (Å²) in [4.78, 5) is 6.63. The quantitative estimate of drug-likeness (QED) is 0.856. The maximum Gasteiger partial charge on any atom is 0.240 e. The monoisotopic (exact) mass is 239 g/mol. The molecule has 0 atom stereocenters. The fraction of sp³-hybridized carbons (Fsp3) is 0.833. The molecule has 0 aliphatic carbocycles. The van der Waals surface area contributed by atoms with Gasteiger partial charge in [-0.1, -0.05) is 19.0 Å². The van der Waals surface area contributed by atoms with Crippen LogP contribution in [0.2, 0.25) is 0 Å². The predicted octanol–water partition coefficient (Wildman–Crippen LogP) is 1.22. The molecule has 1 fully saturated rings. The van der Waals surface area contributed by atoms with Crippen LogP contribution in [0.1, 0.15) is 38.4 Å². The molecule has 0 radical (unpaired) electrons. The maximum atomic E-state index is 9.42. The highest BCUT2D eigenvalue weighted by molar-refractivity contribution is 4.88. The molecular formula is C12H21N3O2. The summed E-state index contributed by atoms with van der Waals surface area (Å²) in [5.41, 5.74) is 0. The van der Waals surface area contributed by atoms with Crippen LogP contribution in [-0.4, -0.2) is 39.3 Å². The Labute approximate surface area is 102 Å². The zero-order valence-electron chi connectivity index (χ0n) is 10.6. The van der Waals surface area contributed by atoms with Crippen molar-refractivity contribution in [3.63, 3.8) is 0 Å². The van der Waals surface area contributed by atoms with Crippen LogP contribution >= 0.6 is 0 Å². The standard InChI is InChI=1S/C12H21N3O2/c1-9(2)7-11-13-12(17-14-11)8-15-5-3-10(16)4-6-15/h9-10,16H,3-8H2,1-2H3. The summed E-state index contributed by atoms with van der Waals surface area (Å²) in [6.45, 7) is 6.80. The van der Waals surface area contributed by atoms with Crippen LogP contribution in [0.3, 0.4) is 0 Å². The molecular weight excluding hydrogens is 218 g/mol. The first kappa shape index (κ1) is 12.5. The van der Waals surface area contributed by atoms with Crippen LogP contribution in [-0.2, 0) is 13.0 Å². The average molecular weight is 239 g/mol. The number of nitrogens with zero attached hydrogens (tertiary/aromatic N) is 3. The minimum atomic E-state index is -0.134. The first-order chi connectivity index (χ1) is 8.13. The molecule has 0 unspecified atom stereocenters. The molecule has 96 valence electrons. The Morgan fingerprint density at radius 1 is 1.41 bits per heavy atom. The van der Waals surface area contributed by atoms with Crippen molar-refractivity contribution in [2.24, 2.45) is 5.92 Å². The zero-order chi connectivity index (χ0) is 12.3. The van der Waals surface area contributed by atoms with Gasteiger partial charge in [0.25, 0.3) is 0 Å². The van der Waals surface area contributed by atoms with Gasteiger partial charge in [0.15, 0.2) is 5.82 Å². The van der Waals surface area contributed by atoms with Crippen molar-refractivity contribution in [2.45, 2.75) is 45.8 Å². The number of rotatable bonds is 4. The third kappa shape index (κ3) is 3.78. The average Bonchev–Trinajstić information content (AvgIpc) is 2.68. The van der Waals surface area contributed by atoms with Crippen LogP contribution in [0.4, 0.5) is 0 Å². The Kier molecular flexibility index (Phi) is 4.12. The molecule has 0 amide bonds. The summed E-state index contributed by atoms with van der Waals surface area (Å²) in [6, 6.07) is 0. The summed E-state index contributed by atoms with van der Waals surface area (Å²) in [7, 11) is 0. The molecule has 1 saturated heterocycles. The van der Waals surface area contributed by atoms with Gasteiger partial charge in [0.2, 0.25) is 5.89 Å². The van der Waals surface area contributed by atoms with Crippen LogP contribution in [0.15, 0.2) is 4.52 Å². The van der Waals surface area contributed by atoms with Gasteiger partial charge in [0, 0.05) is 19.5 Å². The summed E-state index contributed by atoms with van der Waals surface area (Å²) in [5, 5.41) is 13.4. The van der Waals surface area contributed by atoms with Gasteiger partial charge in [-0.05, 0) is 18.8 Å². The van der Waals surface area contributed by atoms with Crippen LogP contribution < -0.4 is 0 Å². The van der Waals surface area contributed by atoms with E-state index in [9.17, 15) is 5.11 Å².